The zero-order valence-corrected chi connectivity index (χ0v) is 16.7. The van der Waals surface area contributed by atoms with E-state index in [4.69, 9.17) is 4.42 Å². The third-order valence-electron chi connectivity index (χ3n) is 5.84. The first-order valence-corrected chi connectivity index (χ1v) is 10.2. The Bertz CT molecular complexity index is 1380. The van der Waals surface area contributed by atoms with Crippen molar-refractivity contribution in [1.29, 1.82) is 0 Å². The maximum Gasteiger partial charge on any atom is 0.433 e. The molecule has 0 atom stereocenters. The summed E-state index contributed by atoms with van der Waals surface area (Å²) >= 11 is 0. The average Bonchev–Trinajstić information content (AvgIpc) is 3.20. The largest absolute Gasteiger partial charge is 0.433 e. The monoisotopic (exact) mass is 442 g/mol. The van der Waals surface area contributed by atoms with Crippen LogP contribution in [-0.2, 0) is 11.0 Å². The molecule has 1 fully saturated rings. The fourth-order valence-electron chi connectivity index (χ4n) is 4.12. The van der Waals surface area contributed by atoms with Crippen LogP contribution < -0.4 is 5.63 Å². The predicted octanol–water partition coefficient (Wildman–Crippen LogP) is 4.55. The zero-order chi connectivity index (χ0) is 22.5. The van der Waals surface area contributed by atoms with Crippen molar-refractivity contribution in [3.8, 4) is 11.6 Å². The van der Waals surface area contributed by atoms with Gasteiger partial charge in [-0.3, -0.25) is 4.68 Å². The molecule has 0 unspecified atom stereocenters. The lowest BCUT2D eigenvalue weighted by Crippen LogP contribution is -2.19. The van der Waals surface area contributed by atoms with E-state index in [1.807, 2.05) is 10.9 Å². The van der Waals surface area contributed by atoms with Gasteiger partial charge in [0.1, 0.15) is 17.7 Å². The lowest BCUT2D eigenvalue weighted by Gasteiger charge is -2.25. The van der Waals surface area contributed by atoms with Crippen LogP contribution in [0.15, 0.2) is 45.7 Å². The quantitative estimate of drug-likeness (QED) is 0.433. The Labute approximate surface area is 178 Å². The Morgan fingerprint density at radius 1 is 1.06 bits per heavy atom. The molecule has 0 N–H and O–H groups in total. The number of aldehydes is 1. The summed E-state index contributed by atoms with van der Waals surface area (Å²) < 4.78 is 46.0. The number of carbonyl (C=O) groups is 1. The highest BCUT2D eigenvalue weighted by Crippen LogP contribution is 2.33. The number of nitrogens with zero attached hydrogens (tertiary/aromatic N) is 4. The third kappa shape index (κ3) is 3.65. The molecular weight excluding hydrogens is 425 g/mol. The van der Waals surface area contributed by atoms with E-state index in [-0.39, 0.29) is 34.4 Å². The van der Waals surface area contributed by atoms with E-state index in [9.17, 15) is 22.8 Å². The Morgan fingerprint density at radius 3 is 2.56 bits per heavy atom. The summed E-state index contributed by atoms with van der Waals surface area (Å²) in [6.45, 7) is 0. The highest BCUT2D eigenvalue weighted by atomic mass is 19.4. The Hall–Kier alpha value is -3.56. The lowest BCUT2D eigenvalue weighted by atomic mass is 9.87. The number of halogens is 3. The van der Waals surface area contributed by atoms with Crippen LogP contribution in [0.1, 0.15) is 37.4 Å². The number of fused-ring (bicyclic) bond motifs is 2. The number of aromatic nitrogens is 4. The molecule has 10 heteroatoms. The molecule has 0 bridgehead atoms. The van der Waals surface area contributed by atoms with Crippen LogP contribution in [0.2, 0.25) is 0 Å². The molecule has 0 aliphatic heterocycles. The molecule has 0 spiro atoms. The maximum absolute atomic E-state index is 13.0. The smallest absolute Gasteiger partial charge is 0.401 e. The topological polar surface area (TPSA) is 90.9 Å². The van der Waals surface area contributed by atoms with Crippen LogP contribution in [-0.4, -0.2) is 26.0 Å². The lowest BCUT2D eigenvalue weighted by molar-refractivity contribution is -0.141. The number of rotatable bonds is 3. The van der Waals surface area contributed by atoms with Gasteiger partial charge in [-0.2, -0.15) is 18.3 Å². The molecule has 0 saturated heterocycles. The van der Waals surface area contributed by atoms with E-state index in [0.29, 0.717) is 5.52 Å². The van der Waals surface area contributed by atoms with Crippen molar-refractivity contribution in [2.24, 2.45) is 5.92 Å². The number of hydrogen-bond acceptors (Lipinski definition) is 6. The molecule has 1 aliphatic rings. The van der Waals surface area contributed by atoms with E-state index in [1.165, 1.54) is 12.1 Å². The van der Waals surface area contributed by atoms with Gasteiger partial charge in [-0.1, -0.05) is 6.07 Å². The van der Waals surface area contributed by atoms with E-state index in [2.05, 4.69) is 15.1 Å². The minimum absolute atomic E-state index is 0.0931. The fourth-order valence-corrected chi connectivity index (χ4v) is 4.12. The second kappa shape index (κ2) is 7.54. The van der Waals surface area contributed by atoms with Gasteiger partial charge >= 0.3 is 11.8 Å². The van der Waals surface area contributed by atoms with E-state index < -0.39 is 17.5 Å². The highest BCUT2D eigenvalue weighted by molar-refractivity contribution is 5.94. The second-order valence-corrected chi connectivity index (χ2v) is 7.95. The summed E-state index contributed by atoms with van der Waals surface area (Å²) in [6.07, 6.45) is 1.53. The molecular formula is C22H17F3N4O3. The first-order chi connectivity index (χ1) is 15.3. The number of pyridine rings is 1. The third-order valence-corrected chi connectivity index (χ3v) is 5.84. The zero-order valence-electron chi connectivity index (χ0n) is 16.7. The van der Waals surface area contributed by atoms with Crippen molar-refractivity contribution in [3.05, 3.63) is 52.6 Å². The van der Waals surface area contributed by atoms with Gasteiger partial charge in [0.25, 0.3) is 0 Å². The maximum atomic E-state index is 13.0. The van der Waals surface area contributed by atoms with Crippen LogP contribution in [0.5, 0.6) is 0 Å². The Morgan fingerprint density at radius 2 is 1.84 bits per heavy atom. The molecule has 1 saturated carbocycles. The Balaban J connectivity index is 1.55. The van der Waals surface area contributed by atoms with Crippen molar-refractivity contribution in [3.63, 3.8) is 0 Å². The number of carbonyl (C=O) groups excluding carboxylic acids is 1. The molecule has 32 heavy (non-hydrogen) atoms. The summed E-state index contributed by atoms with van der Waals surface area (Å²) in [5.74, 6) is -0.192. The first-order valence-electron chi connectivity index (χ1n) is 10.2. The molecule has 5 rings (SSSR count). The highest BCUT2D eigenvalue weighted by Gasteiger charge is 2.33. The van der Waals surface area contributed by atoms with Gasteiger partial charge in [0.2, 0.25) is 5.89 Å². The normalized spacial score (nSPS) is 19.5. The van der Waals surface area contributed by atoms with E-state index in [1.54, 1.807) is 12.1 Å². The van der Waals surface area contributed by atoms with Crippen LogP contribution in [0.4, 0.5) is 13.2 Å². The molecule has 0 radical (unpaired) electrons. The van der Waals surface area contributed by atoms with Gasteiger partial charge in [-0.05, 0) is 49.9 Å². The van der Waals surface area contributed by atoms with Crippen molar-refractivity contribution in [2.45, 2.75) is 37.9 Å². The molecule has 4 aromatic rings. The molecule has 1 aliphatic carbocycles. The van der Waals surface area contributed by atoms with Gasteiger partial charge in [-0.25, -0.2) is 14.8 Å². The van der Waals surface area contributed by atoms with Crippen LogP contribution >= 0.6 is 0 Å². The van der Waals surface area contributed by atoms with Crippen molar-refractivity contribution >= 4 is 28.1 Å². The van der Waals surface area contributed by atoms with Crippen molar-refractivity contribution in [2.75, 3.05) is 0 Å². The average molecular weight is 442 g/mol. The van der Waals surface area contributed by atoms with Gasteiger partial charge < -0.3 is 9.21 Å². The van der Waals surface area contributed by atoms with Gasteiger partial charge in [0.05, 0.1) is 22.5 Å². The van der Waals surface area contributed by atoms with E-state index >= 15 is 0 Å². The summed E-state index contributed by atoms with van der Waals surface area (Å²) in [6, 6.07) is 6.72. The summed E-state index contributed by atoms with van der Waals surface area (Å²) in [5, 5.41) is 5.51. The van der Waals surface area contributed by atoms with Crippen LogP contribution in [0, 0.1) is 5.92 Å². The molecule has 3 aromatic heterocycles. The van der Waals surface area contributed by atoms with Crippen LogP contribution in [0.3, 0.4) is 0 Å². The van der Waals surface area contributed by atoms with Crippen molar-refractivity contribution < 1.29 is 22.4 Å². The standard InChI is InChI=1S/C22H17F3N4O3/c23-22(24,25)19-3-1-2-16(26-19)20-27-18-8-13-10-29(14-6-4-12(11-30)5-7-14)28-17(13)9-15(18)21(31)32-20/h1-3,8-12,14H,4-7H2. The molecule has 3 heterocycles. The van der Waals surface area contributed by atoms with E-state index in [0.717, 1.165) is 43.4 Å². The van der Waals surface area contributed by atoms with Gasteiger partial charge in [0.15, 0.2) is 0 Å². The molecule has 1 aromatic carbocycles. The number of hydrogen-bond donors (Lipinski definition) is 0. The van der Waals surface area contributed by atoms with Gasteiger partial charge in [-0.15, -0.1) is 0 Å². The van der Waals surface area contributed by atoms with Crippen molar-refractivity contribution in [1.82, 2.24) is 19.7 Å². The minimum Gasteiger partial charge on any atom is -0.401 e. The Kier molecular flexibility index (Phi) is 4.79. The first kappa shape index (κ1) is 20.3. The summed E-state index contributed by atoms with van der Waals surface area (Å²) in [5.41, 5.74) is -1.13. The second-order valence-electron chi connectivity index (χ2n) is 7.95. The summed E-state index contributed by atoms with van der Waals surface area (Å²) in [7, 11) is 0. The molecule has 164 valence electrons. The molecule has 7 nitrogen and oxygen atoms in total. The fraction of sp³-hybridized carbons (Fsp3) is 0.318. The molecule has 0 amide bonds. The predicted molar refractivity (Wildman–Crippen MR) is 109 cm³/mol. The van der Waals surface area contributed by atoms with Crippen LogP contribution in [0.25, 0.3) is 33.4 Å². The number of benzene rings is 1. The number of alkyl halides is 3. The summed E-state index contributed by atoms with van der Waals surface area (Å²) in [4.78, 5) is 31.3. The SMILES string of the molecule is O=CC1CCC(n2cc3cc4nc(-c5cccc(C(F)(F)F)n5)oc(=O)c4cc3n2)CC1. The minimum atomic E-state index is -4.63. The van der Waals surface area contributed by atoms with Gasteiger partial charge in [0, 0.05) is 17.5 Å².